The number of benzene rings is 1. The van der Waals surface area contributed by atoms with E-state index >= 15 is 0 Å². The second kappa shape index (κ2) is 5.13. The van der Waals surface area contributed by atoms with Gasteiger partial charge in [0.05, 0.1) is 0 Å². The molecule has 2 rings (SSSR count). The van der Waals surface area contributed by atoms with Gasteiger partial charge in [-0.15, -0.1) is 0 Å². The van der Waals surface area contributed by atoms with Gasteiger partial charge in [0.25, 0.3) is 0 Å². The summed E-state index contributed by atoms with van der Waals surface area (Å²) in [5, 5.41) is 0. The molecule has 0 saturated heterocycles. The Bertz CT molecular complexity index is 449. The third kappa shape index (κ3) is 2.37. The van der Waals surface area contributed by atoms with Crippen LogP contribution in [-0.4, -0.2) is 25.5 Å². The van der Waals surface area contributed by atoms with E-state index < -0.39 is 18.0 Å². The van der Waals surface area contributed by atoms with E-state index in [0.29, 0.717) is 5.90 Å². The van der Waals surface area contributed by atoms with Gasteiger partial charge in [-0.25, -0.2) is 0 Å². The molecular weight excluding hydrogens is 389 g/mol. The third-order valence-corrected chi connectivity index (χ3v) is 7.63. The van der Waals surface area contributed by atoms with Crippen molar-refractivity contribution >= 4 is 42.6 Å². The van der Waals surface area contributed by atoms with Gasteiger partial charge in [0, 0.05) is 0 Å². The van der Waals surface area contributed by atoms with E-state index in [1.807, 2.05) is 24.3 Å². The van der Waals surface area contributed by atoms with E-state index in [9.17, 15) is 4.79 Å². The van der Waals surface area contributed by atoms with Crippen LogP contribution in [0.2, 0.25) is 0 Å². The summed E-state index contributed by atoms with van der Waals surface area (Å²) in [5.74, 6) is 0.179. The van der Waals surface area contributed by atoms with Gasteiger partial charge in [0.2, 0.25) is 0 Å². The van der Waals surface area contributed by atoms with Gasteiger partial charge in [-0.05, 0) is 0 Å². The van der Waals surface area contributed by atoms with Crippen molar-refractivity contribution in [3.8, 4) is 0 Å². The summed E-state index contributed by atoms with van der Waals surface area (Å²) in [4.78, 5) is 15.1. The van der Waals surface area contributed by atoms with Gasteiger partial charge in [-0.1, -0.05) is 0 Å². The van der Waals surface area contributed by atoms with E-state index in [2.05, 4.69) is 22.4 Å². The van der Waals surface area contributed by atoms with E-state index in [1.54, 1.807) is 0 Å². The van der Waals surface area contributed by atoms with E-state index in [4.69, 9.17) is 3.07 Å². The van der Waals surface area contributed by atoms with Crippen molar-refractivity contribution in [3.05, 3.63) is 33.4 Å². The average Bonchev–Trinajstić information content (AvgIpc) is 2.64. The van der Waals surface area contributed by atoms with E-state index in [0.717, 1.165) is 5.56 Å². The Labute approximate surface area is 107 Å². The summed E-state index contributed by atoms with van der Waals surface area (Å²) in [6.07, 6.45) is 0. The van der Waals surface area contributed by atoms with Crippen LogP contribution in [0.4, 0.5) is 0 Å². The normalized spacial score (nSPS) is 18.1. The zero-order chi connectivity index (χ0) is 11.5. The fourth-order valence-corrected chi connectivity index (χ4v) is 6.09. The number of hydrogen-bond donors (Lipinski definition) is 0. The molecule has 0 unspecified atom stereocenters. The van der Waals surface area contributed by atoms with Crippen molar-refractivity contribution in [1.82, 2.24) is 0 Å². The van der Waals surface area contributed by atoms with Crippen LogP contribution < -0.4 is 0 Å². The summed E-state index contributed by atoms with van der Waals surface area (Å²) < 4.78 is 11.3. The first-order valence-electron chi connectivity index (χ1n) is 4.48. The van der Waals surface area contributed by atoms with Crippen LogP contribution in [0.15, 0.2) is 29.3 Å². The van der Waals surface area contributed by atoms with Crippen LogP contribution >= 0.6 is 30.7 Å². The Balaban J connectivity index is 2.23. The molecule has 1 heterocycles. The fraction of sp³-hybridized carbons (Fsp3) is 0.200. The Morgan fingerprint density at radius 3 is 3.06 bits per heavy atom. The molecule has 0 amide bonds. The van der Waals surface area contributed by atoms with Gasteiger partial charge >= 0.3 is 107 Å². The standard InChI is InChI=1S/C10H9BrINO3/c1-15-9(14)6-13-10-7-4-2-3-5-8(7)12(11)16-10/h2-5H,6H2,1H3. The number of fused-ring (bicyclic) bond motifs is 1. The van der Waals surface area contributed by atoms with Crippen LogP contribution in [0.3, 0.4) is 0 Å². The van der Waals surface area contributed by atoms with E-state index in [1.165, 1.54) is 10.7 Å². The second-order valence-electron chi connectivity index (χ2n) is 2.96. The number of rotatable bonds is 2. The van der Waals surface area contributed by atoms with Gasteiger partial charge in [-0.2, -0.15) is 0 Å². The van der Waals surface area contributed by atoms with Crippen molar-refractivity contribution < 1.29 is 12.6 Å². The van der Waals surface area contributed by atoms with E-state index in [-0.39, 0.29) is 12.5 Å². The number of ether oxygens (including phenoxy) is 1. The van der Waals surface area contributed by atoms with Crippen molar-refractivity contribution in [2.45, 2.75) is 0 Å². The number of nitrogens with zero attached hydrogens (tertiary/aromatic N) is 1. The van der Waals surface area contributed by atoms with Crippen molar-refractivity contribution in [1.29, 1.82) is 0 Å². The average molecular weight is 398 g/mol. The molecule has 0 radical (unpaired) electrons. The molecule has 0 spiro atoms. The van der Waals surface area contributed by atoms with Crippen LogP contribution in [0.5, 0.6) is 0 Å². The molecule has 6 heteroatoms. The predicted molar refractivity (Wildman–Crippen MR) is 72.6 cm³/mol. The Morgan fingerprint density at radius 1 is 1.56 bits per heavy atom. The monoisotopic (exact) mass is 397 g/mol. The Morgan fingerprint density at radius 2 is 2.31 bits per heavy atom. The van der Waals surface area contributed by atoms with Crippen LogP contribution in [0.1, 0.15) is 5.56 Å². The number of esters is 1. The minimum absolute atomic E-state index is 0.00282. The van der Waals surface area contributed by atoms with Gasteiger partial charge in [-0.3, -0.25) is 0 Å². The zero-order valence-corrected chi connectivity index (χ0v) is 12.2. The quantitative estimate of drug-likeness (QED) is 0.569. The van der Waals surface area contributed by atoms with Gasteiger partial charge in [0.15, 0.2) is 0 Å². The molecule has 0 aromatic heterocycles. The molecule has 0 N–H and O–H groups in total. The summed E-state index contributed by atoms with van der Waals surface area (Å²) in [7, 11) is 1.34. The molecular formula is C10H9BrINO3. The molecule has 0 atom stereocenters. The molecule has 1 aliphatic rings. The number of methoxy groups -OCH3 is 1. The topological polar surface area (TPSA) is 47.9 Å². The summed E-state index contributed by atoms with van der Waals surface area (Å²) >= 11 is 1.82. The molecule has 16 heavy (non-hydrogen) atoms. The maximum atomic E-state index is 11.0. The maximum absolute atomic E-state index is 11.0. The minimum atomic E-state index is -1.72. The first-order chi connectivity index (χ1) is 7.72. The van der Waals surface area contributed by atoms with Crippen molar-refractivity contribution in [2.75, 3.05) is 13.7 Å². The van der Waals surface area contributed by atoms with Crippen molar-refractivity contribution in [3.63, 3.8) is 0 Å². The molecule has 0 fully saturated rings. The Hall–Kier alpha value is -0.630. The summed E-state index contributed by atoms with van der Waals surface area (Å²) in [5.41, 5.74) is 0.980. The first kappa shape index (κ1) is 11.8. The van der Waals surface area contributed by atoms with Gasteiger partial charge in [0.1, 0.15) is 0 Å². The molecule has 1 aromatic rings. The van der Waals surface area contributed by atoms with Crippen LogP contribution in [0.25, 0.3) is 0 Å². The predicted octanol–water partition coefficient (Wildman–Crippen LogP) is 2.54. The summed E-state index contributed by atoms with van der Waals surface area (Å²) in [6, 6.07) is 7.87. The molecule has 0 saturated carbocycles. The van der Waals surface area contributed by atoms with Crippen molar-refractivity contribution in [2.24, 2.45) is 4.99 Å². The molecule has 4 nitrogen and oxygen atoms in total. The number of halogens is 2. The number of carbonyl (C=O) groups is 1. The number of hydrogen-bond acceptors (Lipinski definition) is 4. The molecule has 86 valence electrons. The second-order valence-corrected chi connectivity index (χ2v) is 9.40. The first-order valence-corrected chi connectivity index (χ1v) is 11.3. The summed E-state index contributed by atoms with van der Waals surface area (Å²) in [6.45, 7) is -0.00282. The number of aliphatic imine (C=N–C) groups is 1. The zero-order valence-electron chi connectivity index (χ0n) is 8.44. The SMILES string of the molecule is COC(=O)CN=C1OI(Br)c2ccccc21. The fourth-order valence-electron chi connectivity index (χ4n) is 1.22. The van der Waals surface area contributed by atoms with Gasteiger partial charge < -0.3 is 0 Å². The van der Waals surface area contributed by atoms with Crippen LogP contribution in [-0.2, 0) is 12.6 Å². The molecule has 0 bridgehead atoms. The third-order valence-electron chi connectivity index (χ3n) is 1.98. The molecule has 0 aliphatic carbocycles. The molecule has 1 aromatic carbocycles. The van der Waals surface area contributed by atoms with Crippen LogP contribution in [0, 0.1) is 3.57 Å². The molecule has 1 aliphatic heterocycles. The Kier molecular flexibility index (Phi) is 3.80. The number of carbonyl (C=O) groups excluding carboxylic acids is 1.